The second kappa shape index (κ2) is 4.89. The second-order valence-electron chi connectivity index (χ2n) is 3.53. The average Bonchev–Trinajstić information content (AvgIpc) is 2.12. The first-order valence-electron chi connectivity index (χ1n) is 4.67. The molecule has 15 heavy (non-hydrogen) atoms. The van der Waals surface area contributed by atoms with Gasteiger partial charge in [-0.05, 0) is 49.7 Å². The summed E-state index contributed by atoms with van der Waals surface area (Å²) in [4.78, 5) is 0. The van der Waals surface area contributed by atoms with Crippen molar-refractivity contribution in [2.75, 3.05) is 0 Å². The Balaban J connectivity index is 2.94. The molecular weight excluding hydrogens is 206 g/mol. The van der Waals surface area contributed by atoms with Crippen LogP contribution < -0.4 is 11.2 Å². The Kier molecular flexibility index (Phi) is 3.80. The monoisotopic (exact) mass is 221 g/mol. The molecule has 0 saturated heterocycles. The summed E-state index contributed by atoms with van der Waals surface area (Å²) < 4.78 is 0. The SMILES string of the molecule is Cc1cc(C)c(C)c(C=NNC(N)=S)c1. The molecule has 1 aromatic carbocycles. The largest absolute Gasteiger partial charge is 0.375 e. The molecule has 0 heterocycles. The van der Waals surface area contributed by atoms with Gasteiger partial charge in [0, 0.05) is 0 Å². The number of nitrogens with one attached hydrogen (secondary N) is 1. The molecule has 3 nitrogen and oxygen atoms in total. The number of thiocarbonyl (C=S) groups is 1. The molecule has 0 amide bonds. The third-order valence-corrected chi connectivity index (χ3v) is 2.32. The molecule has 0 aliphatic rings. The molecule has 1 aromatic rings. The maximum Gasteiger partial charge on any atom is 0.184 e. The third kappa shape index (κ3) is 3.32. The fourth-order valence-corrected chi connectivity index (χ4v) is 1.42. The van der Waals surface area contributed by atoms with Crippen molar-refractivity contribution in [2.24, 2.45) is 10.8 Å². The van der Waals surface area contributed by atoms with Crippen LogP contribution >= 0.6 is 12.2 Å². The van der Waals surface area contributed by atoms with Crippen molar-refractivity contribution < 1.29 is 0 Å². The number of rotatable bonds is 2. The van der Waals surface area contributed by atoms with Gasteiger partial charge < -0.3 is 5.73 Å². The molecule has 0 aromatic heterocycles. The van der Waals surface area contributed by atoms with E-state index >= 15 is 0 Å². The van der Waals surface area contributed by atoms with Crippen LogP contribution in [0, 0.1) is 20.8 Å². The van der Waals surface area contributed by atoms with E-state index in [-0.39, 0.29) is 5.11 Å². The molecule has 0 radical (unpaired) electrons. The molecule has 0 saturated carbocycles. The zero-order chi connectivity index (χ0) is 11.4. The lowest BCUT2D eigenvalue weighted by molar-refractivity contribution is 1.04. The van der Waals surface area contributed by atoms with Crippen LogP contribution in [0.1, 0.15) is 22.3 Å². The summed E-state index contributed by atoms with van der Waals surface area (Å²) in [6.45, 7) is 6.21. The smallest absolute Gasteiger partial charge is 0.184 e. The number of nitrogens with two attached hydrogens (primary N) is 1. The Morgan fingerprint density at radius 3 is 2.67 bits per heavy atom. The maximum absolute atomic E-state index is 5.26. The van der Waals surface area contributed by atoms with Crippen molar-refractivity contribution in [1.29, 1.82) is 0 Å². The molecule has 80 valence electrons. The third-order valence-electron chi connectivity index (χ3n) is 2.23. The van der Waals surface area contributed by atoms with Crippen molar-refractivity contribution in [3.63, 3.8) is 0 Å². The van der Waals surface area contributed by atoms with Crippen molar-refractivity contribution in [1.82, 2.24) is 5.43 Å². The van der Waals surface area contributed by atoms with E-state index in [0.717, 1.165) is 5.56 Å². The summed E-state index contributed by atoms with van der Waals surface area (Å²) >= 11 is 4.65. The average molecular weight is 221 g/mol. The van der Waals surface area contributed by atoms with Gasteiger partial charge in [-0.1, -0.05) is 17.7 Å². The highest BCUT2D eigenvalue weighted by atomic mass is 32.1. The van der Waals surface area contributed by atoms with Gasteiger partial charge in [0.2, 0.25) is 0 Å². The van der Waals surface area contributed by atoms with Gasteiger partial charge in [0.25, 0.3) is 0 Å². The fraction of sp³-hybridized carbons (Fsp3) is 0.273. The second-order valence-corrected chi connectivity index (χ2v) is 3.97. The van der Waals surface area contributed by atoms with Crippen molar-refractivity contribution >= 4 is 23.5 Å². The highest BCUT2D eigenvalue weighted by molar-refractivity contribution is 7.80. The van der Waals surface area contributed by atoms with E-state index in [9.17, 15) is 0 Å². The van der Waals surface area contributed by atoms with Gasteiger partial charge in [0.15, 0.2) is 5.11 Å². The van der Waals surface area contributed by atoms with Gasteiger partial charge in [-0.25, -0.2) is 0 Å². The van der Waals surface area contributed by atoms with Gasteiger partial charge in [-0.15, -0.1) is 0 Å². The highest BCUT2D eigenvalue weighted by Gasteiger charge is 1.99. The molecule has 0 bridgehead atoms. The quantitative estimate of drug-likeness (QED) is 0.455. The Bertz CT molecular complexity index is 411. The minimum Gasteiger partial charge on any atom is -0.375 e. The molecule has 0 aliphatic heterocycles. The zero-order valence-electron chi connectivity index (χ0n) is 9.16. The van der Waals surface area contributed by atoms with E-state index in [1.165, 1.54) is 16.7 Å². The Morgan fingerprint density at radius 1 is 1.40 bits per heavy atom. The minimum atomic E-state index is 0.174. The summed E-state index contributed by atoms with van der Waals surface area (Å²) in [5, 5.41) is 4.12. The number of nitrogens with zero attached hydrogens (tertiary/aromatic N) is 1. The van der Waals surface area contributed by atoms with Crippen LogP contribution in [0.5, 0.6) is 0 Å². The van der Waals surface area contributed by atoms with Crippen molar-refractivity contribution in [2.45, 2.75) is 20.8 Å². The van der Waals surface area contributed by atoms with E-state index in [2.05, 4.69) is 55.6 Å². The van der Waals surface area contributed by atoms with Gasteiger partial charge in [0.1, 0.15) is 0 Å². The van der Waals surface area contributed by atoms with E-state index in [0.29, 0.717) is 0 Å². The number of hydrogen-bond acceptors (Lipinski definition) is 2. The molecule has 0 unspecified atom stereocenters. The van der Waals surface area contributed by atoms with Crippen molar-refractivity contribution in [3.8, 4) is 0 Å². The van der Waals surface area contributed by atoms with Crippen LogP contribution in [0.2, 0.25) is 0 Å². The molecular formula is C11H15N3S. The van der Waals surface area contributed by atoms with E-state index in [4.69, 9.17) is 5.73 Å². The van der Waals surface area contributed by atoms with E-state index < -0.39 is 0 Å². The van der Waals surface area contributed by atoms with Gasteiger partial charge in [-0.2, -0.15) is 5.10 Å². The summed E-state index contributed by atoms with van der Waals surface area (Å²) in [6, 6.07) is 4.22. The van der Waals surface area contributed by atoms with Crippen LogP contribution in [-0.2, 0) is 0 Å². The molecule has 3 N–H and O–H groups in total. The predicted molar refractivity (Wildman–Crippen MR) is 68.2 cm³/mol. The lowest BCUT2D eigenvalue weighted by atomic mass is 10.0. The topological polar surface area (TPSA) is 50.4 Å². The minimum absolute atomic E-state index is 0.174. The highest BCUT2D eigenvalue weighted by Crippen LogP contribution is 2.13. The molecule has 0 spiro atoms. The lowest BCUT2D eigenvalue weighted by Gasteiger charge is -2.06. The maximum atomic E-state index is 5.26. The van der Waals surface area contributed by atoms with Crippen LogP contribution in [-0.4, -0.2) is 11.3 Å². The van der Waals surface area contributed by atoms with Crippen LogP contribution in [0.15, 0.2) is 17.2 Å². The van der Waals surface area contributed by atoms with Gasteiger partial charge in [-0.3, -0.25) is 5.43 Å². The number of hydrazone groups is 1. The normalized spacial score (nSPS) is 10.6. The Labute approximate surface area is 95.4 Å². The van der Waals surface area contributed by atoms with Crippen LogP contribution in [0.25, 0.3) is 0 Å². The Morgan fingerprint density at radius 2 is 2.07 bits per heavy atom. The van der Waals surface area contributed by atoms with Crippen LogP contribution in [0.4, 0.5) is 0 Å². The first-order valence-corrected chi connectivity index (χ1v) is 5.08. The number of benzene rings is 1. The van der Waals surface area contributed by atoms with Gasteiger partial charge in [0.05, 0.1) is 6.21 Å². The predicted octanol–water partition coefficient (Wildman–Crippen LogP) is 1.78. The first kappa shape index (κ1) is 11.7. The summed E-state index contributed by atoms with van der Waals surface area (Å²) in [7, 11) is 0. The number of aryl methyl sites for hydroxylation is 2. The summed E-state index contributed by atoms with van der Waals surface area (Å²) in [5.74, 6) is 0. The zero-order valence-corrected chi connectivity index (χ0v) is 9.98. The molecule has 1 rings (SSSR count). The standard InChI is InChI=1S/C11H15N3S/c1-7-4-8(2)9(3)10(5-7)6-13-14-11(12)15/h4-6H,1-3H3,(H3,12,14,15). The summed E-state index contributed by atoms with van der Waals surface area (Å²) in [6.07, 6.45) is 1.73. The van der Waals surface area contributed by atoms with Crippen molar-refractivity contribution in [3.05, 3.63) is 34.4 Å². The fourth-order valence-electron chi connectivity index (χ4n) is 1.37. The van der Waals surface area contributed by atoms with E-state index in [1.54, 1.807) is 6.21 Å². The molecule has 0 fully saturated rings. The molecule has 0 aliphatic carbocycles. The van der Waals surface area contributed by atoms with Gasteiger partial charge >= 0.3 is 0 Å². The molecule has 4 heteroatoms. The molecule has 0 atom stereocenters. The Hall–Kier alpha value is -1.42. The summed E-state index contributed by atoms with van der Waals surface area (Å²) in [5.41, 5.74) is 12.6. The van der Waals surface area contributed by atoms with Crippen LogP contribution in [0.3, 0.4) is 0 Å². The number of hydrogen-bond donors (Lipinski definition) is 2. The lowest BCUT2D eigenvalue weighted by Crippen LogP contribution is -2.24. The van der Waals surface area contributed by atoms with E-state index in [1.807, 2.05) is 0 Å². The first-order chi connectivity index (χ1) is 7.00.